The summed E-state index contributed by atoms with van der Waals surface area (Å²) in [5.74, 6) is 0.409. The number of aryl methyl sites for hydroxylation is 3. The van der Waals surface area contributed by atoms with E-state index in [2.05, 4.69) is 36.3 Å². The fourth-order valence-electron chi connectivity index (χ4n) is 2.32. The van der Waals surface area contributed by atoms with E-state index in [1.807, 2.05) is 17.5 Å². The van der Waals surface area contributed by atoms with E-state index in [1.54, 1.807) is 11.3 Å². The third-order valence-electron chi connectivity index (χ3n) is 3.29. The van der Waals surface area contributed by atoms with E-state index >= 15 is 0 Å². The minimum Gasteiger partial charge on any atom is -0.367 e. The van der Waals surface area contributed by atoms with Crippen LogP contribution in [0.15, 0.2) is 46.3 Å². The second kappa shape index (κ2) is 5.51. The summed E-state index contributed by atoms with van der Waals surface area (Å²) in [6.45, 7) is 2.11. The molecular formula is C16H16N2OS. The molecule has 0 atom stereocenters. The van der Waals surface area contributed by atoms with Crippen molar-refractivity contribution in [3.8, 4) is 10.4 Å². The summed E-state index contributed by atoms with van der Waals surface area (Å²) in [5, 5.41) is 6.15. The summed E-state index contributed by atoms with van der Waals surface area (Å²) in [4.78, 5) is 1.11. The molecular weight excluding hydrogens is 268 g/mol. The fourth-order valence-corrected chi connectivity index (χ4v) is 3.12. The number of nitrogens with two attached hydrogens (primary N) is 1. The maximum absolute atomic E-state index is 5.90. The summed E-state index contributed by atoms with van der Waals surface area (Å²) < 4.78 is 5.17. The Morgan fingerprint density at radius 3 is 2.85 bits per heavy atom. The molecule has 0 radical (unpaired) electrons. The standard InChI is InChI=1S/C16H16N2OS/c1-11-4-2-5-12(10-11)7-8-13-15(16(17)19-18-13)14-6-3-9-20-14/h2-6,9-10H,7-8,17H2,1H3. The van der Waals surface area contributed by atoms with Gasteiger partial charge in [0.1, 0.15) is 0 Å². The van der Waals surface area contributed by atoms with Gasteiger partial charge in [0.25, 0.3) is 0 Å². The molecule has 2 aromatic heterocycles. The first-order valence-corrected chi connectivity index (χ1v) is 7.45. The van der Waals surface area contributed by atoms with E-state index in [1.165, 1.54) is 11.1 Å². The molecule has 3 rings (SSSR count). The van der Waals surface area contributed by atoms with E-state index in [0.717, 1.165) is 29.0 Å². The number of rotatable bonds is 4. The highest BCUT2D eigenvalue weighted by molar-refractivity contribution is 7.13. The molecule has 0 fully saturated rings. The molecule has 0 amide bonds. The average Bonchev–Trinajstić information content (AvgIpc) is 3.05. The van der Waals surface area contributed by atoms with Crippen LogP contribution in [-0.2, 0) is 12.8 Å². The van der Waals surface area contributed by atoms with Gasteiger partial charge in [0.2, 0.25) is 5.88 Å². The van der Waals surface area contributed by atoms with Gasteiger partial charge >= 0.3 is 0 Å². The molecule has 0 spiro atoms. The number of aromatic nitrogens is 1. The first-order chi connectivity index (χ1) is 9.74. The summed E-state index contributed by atoms with van der Waals surface area (Å²) in [6, 6.07) is 12.6. The number of hydrogen-bond acceptors (Lipinski definition) is 4. The monoisotopic (exact) mass is 284 g/mol. The molecule has 0 bridgehead atoms. The lowest BCUT2D eigenvalue weighted by atomic mass is 10.0. The Bertz CT molecular complexity index is 701. The zero-order chi connectivity index (χ0) is 13.9. The molecule has 0 aliphatic heterocycles. The Kier molecular flexibility index (Phi) is 3.56. The Morgan fingerprint density at radius 2 is 2.10 bits per heavy atom. The summed E-state index contributed by atoms with van der Waals surface area (Å²) in [6.07, 6.45) is 1.77. The largest absolute Gasteiger partial charge is 0.367 e. The number of hydrogen-bond donors (Lipinski definition) is 1. The van der Waals surface area contributed by atoms with Crippen LogP contribution in [0, 0.1) is 6.92 Å². The van der Waals surface area contributed by atoms with Gasteiger partial charge in [-0.1, -0.05) is 41.1 Å². The molecule has 20 heavy (non-hydrogen) atoms. The van der Waals surface area contributed by atoms with Gasteiger partial charge in [-0.3, -0.25) is 0 Å². The number of thiophene rings is 1. The van der Waals surface area contributed by atoms with Crippen LogP contribution in [0.2, 0.25) is 0 Å². The Morgan fingerprint density at radius 1 is 1.20 bits per heavy atom. The second-order valence-electron chi connectivity index (χ2n) is 4.83. The van der Waals surface area contributed by atoms with Crippen LogP contribution in [-0.4, -0.2) is 5.16 Å². The normalized spacial score (nSPS) is 10.8. The summed E-state index contributed by atoms with van der Waals surface area (Å²) >= 11 is 1.65. The minimum absolute atomic E-state index is 0.409. The van der Waals surface area contributed by atoms with Gasteiger partial charge in [0.15, 0.2) is 0 Å². The smallest absolute Gasteiger partial charge is 0.231 e. The van der Waals surface area contributed by atoms with E-state index in [0.29, 0.717) is 5.88 Å². The van der Waals surface area contributed by atoms with Crippen LogP contribution in [0.25, 0.3) is 10.4 Å². The number of anilines is 1. The molecule has 0 saturated carbocycles. The van der Waals surface area contributed by atoms with Crippen molar-refractivity contribution in [2.24, 2.45) is 0 Å². The average molecular weight is 284 g/mol. The Labute approximate surface area is 122 Å². The van der Waals surface area contributed by atoms with Crippen molar-refractivity contribution in [2.75, 3.05) is 5.73 Å². The van der Waals surface area contributed by atoms with Crippen LogP contribution in [0.5, 0.6) is 0 Å². The van der Waals surface area contributed by atoms with Gasteiger partial charge in [-0.2, -0.15) is 0 Å². The molecule has 2 N–H and O–H groups in total. The van der Waals surface area contributed by atoms with Crippen molar-refractivity contribution in [1.29, 1.82) is 0 Å². The number of nitrogen functional groups attached to an aromatic ring is 1. The van der Waals surface area contributed by atoms with Gasteiger partial charge in [-0.15, -0.1) is 11.3 Å². The molecule has 0 saturated heterocycles. The Hall–Kier alpha value is -2.07. The highest BCUT2D eigenvalue weighted by atomic mass is 32.1. The van der Waals surface area contributed by atoms with Crippen molar-refractivity contribution in [3.05, 3.63) is 58.6 Å². The van der Waals surface area contributed by atoms with Crippen LogP contribution in [0.4, 0.5) is 5.88 Å². The first-order valence-electron chi connectivity index (χ1n) is 6.57. The number of nitrogens with zero attached hydrogens (tertiary/aromatic N) is 1. The third-order valence-corrected chi connectivity index (χ3v) is 4.18. The molecule has 2 heterocycles. The maximum atomic E-state index is 5.90. The molecule has 1 aromatic carbocycles. The van der Waals surface area contributed by atoms with Crippen LogP contribution in [0.3, 0.4) is 0 Å². The minimum atomic E-state index is 0.409. The lowest BCUT2D eigenvalue weighted by molar-refractivity contribution is 0.427. The van der Waals surface area contributed by atoms with Gasteiger partial charge in [-0.25, -0.2) is 0 Å². The Balaban J connectivity index is 1.82. The molecule has 0 unspecified atom stereocenters. The molecule has 102 valence electrons. The van der Waals surface area contributed by atoms with Crippen molar-refractivity contribution in [1.82, 2.24) is 5.16 Å². The molecule has 0 aliphatic carbocycles. The summed E-state index contributed by atoms with van der Waals surface area (Å²) in [7, 11) is 0. The van der Waals surface area contributed by atoms with Gasteiger partial charge in [-0.05, 0) is 36.8 Å². The second-order valence-corrected chi connectivity index (χ2v) is 5.78. The van der Waals surface area contributed by atoms with Crippen LogP contribution >= 0.6 is 11.3 Å². The van der Waals surface area contributed by atoms with Crippen molar-refractivity contribution < 1.29 is 4.52 Å². The van der Waals surface area contributed by atoms with Crippen molar-refractivity contribution >= 4 is 17.2 Å². The van der Waals surface area contributed by atoms with Gasteiger partial charge < -0.3 is 10.3 Å². The van der Waals surface area contributed by atoms with E-state index in [-0.39, 0.29) is 0 Å². The predicted octanol–water partition coefficient (Wildman–Crippen LogP) is 4.08. The highest BCUT2D eigenvalue weighted by Gasteiger charge is 2.16. The van der Waals surface area contributed by atoms with E-state index in [4.69, 9.17) is 10.3 Å². The van der Waals surface area contributed by atoms with Crippen LogP contribution < -0.4 is 5.73 Å². The quantitative estimate of drug-likeness (QED) is 0.785. The summed E-state index contributed by atoms with van der Waals surface area (Å²) in [5.41, 5.74) is 10.4. The SMILES string of the molecule is Cc1cccc(CCc2noc(N)c2-c2cccs2)c1. The molecule has 4 heteroatoms. The fraction of sp³-hybridized carbons (Fsp3) is 0.188. The van der Waals surface area contributed by atoms with Crippen molar-refractivity contribution in [2.45, 2.75) is 19.8 Å². The predicted molar refractivity (Wildman–Crippen MR) is 82.8 cm³/mol. The lowest BCUT2D eigenvalue weighted by Gasteiger charge is -2.02. The lowest BCUT2D eigenvalue weighted by Crippen LogP contribution is -1.94. The number of benzene rings is 1. The van der Waals surface area contributed by atoms with Crippen LogP contribution in [0.1, 0.15) is 16.8 Å². The topological polar surface area (TPSA) is 52.0 Å². The first kappa shape index (κ1) is 12.9. The van der Waals surface area contributed by atoms with Gasteiger partial charge in [0.05, 0.1) is 11.3 Å². The molecule has 3 aromatic rings. The highest BCUT2D eigenvalue weighted by Crippen LogP contribution is 2.33. The third kappa shape index (κ3) is 2.60. The van der Waals surface area contributed by atoms with Crippen molar-refractivity contribution in [3.63, 3.8) is 0 Å². The van der Waals surface area contributed by atoms with E-state index in [9.17, 15) is 0 Å². The maximum Gasteiger partial charge on any atom is 0.231 e. The molecule has 0 aliphatic rings. The molecule has 3 nitrogen and oxygen atoms in total. The zero-order valence-corrected chi connectivity index (χ0v) is 12.1. The zero-order valence-electron chi connectivity index (χ0n) is 11.3. The van der Waals surface area contributed by atoms with E-state index < -0.39 is 0 Å². The van der Waals surface area contributed by atoms with Gasteiger partial charge in [0, 0.05) is 4.88 Å².